The molecule has 0 unspecified atom stereocenters. The maximum absolute atomic E-state index is 11.7. The summed E-state index contributed by atoms with van der Waals surface area (Å²) in [6, 6.07) is 0. The smallest absolute Gasteiger partial charge is 0.148 e. The number of carbonyl (C=O) groups excluding carboxylic acids is 1. The van der Waals surface area contributed by atoms with Crippen LogP contribution in [0.5, 0.6) is 0 Å². The van der Waals surface area contributed by atoms with E-state index in [1.54, 1.807) is 0 Å². The highest BCUT2D eigenvalue weighted by Crippen LogP contribution is 2.26. The summed E-state index contributed by atoms with van der Waals surface area (Å²) >= 11 is 4.47. The largest absolute Gasteiger partial charge is 0.298 e. The lowest BCUT2D eigenvalue weighted by Crippen LogP contribution is -2.30. The first-order valence-corrected chi connectivity index (χ1v) is 5.81. The van der Waals surface area contributed by atoms with Crippen molar-refractivity contribution >= 4 is 18.4 Å². The van der Waals surface area contributed by atoms with E-state index in [-0.39, 0.29) is 4.75 Å². The molecule has 0 rings (SSSR count). The zero-order chi connectivity index (χ0) is 10.3. The standard InChI is InChI=1S/C11H22OS/c1-4-7-8-9-10(12)11(13,5-2)6-3/h13H,4-9H2,1-3H3. The Morgan fingerprint density at radius 2 is 1.69 bits per heavy atom. The molecule has 0 bridgehead atoms. The first-order chi connectivity index (χ1) is 6.10. The van der Waals surface area contributed by atoms with Crippen LogP contribution in [0.2, 0.25) is 0 Å². The molecule has 0 heterocycles. The van der Waals surface area contributed by atoms with E-state index in [0.29, 0.717) is 12.2 Å². The molecule has 0 aromatic carbocycles. The van der Waals surface area contributed by atoms with Crippen LogP contribution in [0.15, 0.2) is 0 Å². The summed E-state index contributed by atoms with van der Waals surface area (Å²) in [4.78, 5) is 11.7. The molecule has 0 spiro atoms. The minimum atomic E-state index is -0.353. The van der Waals surface area contributed by atoms with Gasteiger partial charge in [0.2, 0.25) is 0 Å². The number of hydrogen-bond donors (Lipinski definition) is 1. The molecule has 0 aliphatic carbocycles. The van der Waals surface area contributed by atoms with Crippen LogP contribution in [0.25, 0.3) is 0 Å². The highest BCUT2D eigenvalue weighted by atomic mass is 32.1. The summed E-state index contributed by atoms with van der Waals surface area (Å²) in [5.41, 5.74) is 0. The third kappa shape index (κ3) is 4.17. The molecule has 0 saturated heterocycles. The fourth-order valence-corrected chi connectivity index (χ4v) is 1.52. The molecule has 0 aromatic heterocycles. The van der Waals surface area contributed by atoms with Crippen LogP contribution in [0.4, 0.5) is 0 Å². The van der Waals surface area contributed by atoms with Gasteiger partial charge in [0, 0.05) is 6.42 Å². The van der Waals surface area contributed by atoms with Crippen molar-refractivity contribution in [1.29, 1.82) is 0 Å². The summed E-state index contributed by atoms with van der Waals surface area (Å²) in [7, 11) is 0. The Morgan fingerprint density at radius 3 is 2.08 bits per heavy atom. The fourth-order valence-electron chi connectivity index (χ4n) is 1.41. The number of rotatable bonds is 7. The summed E-state index contributed by atoms with van der Waals surface area (Å²) in [5, 5.41) is 0. The maximum Gasteiger partial charge on any atom is 0.148 e. The number of hydrogen-bond acceptors (Lipinski definition) is 2. The number of thiol groups is 1. The van der Waals surface area contributed by atoms with E-state index in [0.717, 1.165) is 25.7 Å². The zero-order valence-electron chi connectivity index (χ0n) is 9.10. The summed E-state index contributed by atoms with van der Waals surface area (Å²) in [5.74, 6) is 0.328. The Bertz CT molecular complexity index is 150. The van der Waals surface area contributed by atoms with E-state index in [1.165, 1.54) is 6.42 Å². The van der Waals surface area contributed by atoms with Gasteiger partial charge in [-0.3, -0.25) is 4.79 Å². The quantitative estimate of drug-likeness (QED) is 0.493. The van der Waals surface area contributed by atoms with Gasteiger partial charge in [-0.15, -0.1) is 0 Å². The molecule has 0 aliphatic rings. The van der Waals surface area contributed by atoms with Gasteiger partial charge in [0.1, 0.15) is 5.78 Å². The Labute approximate surface area is 87.7 Å². The first kappa shape index (κ1) is 13.0. The first-order valence-electron chi connectivity index (χ1n) is 5.36. The van der Waals surface area contributed by atoms with Gasteiger partial charge >= 0.3 is 0 Å². The average molecular weight is 202 g/mol. The maximum atomic E-state index is 11.7. The van der Waals surface area contributed by atoms with Crippen molar-refractivity contribution in [2.45, 2.75) is 64.0 Å². The molecule has 0 fully saturated rings. The summed E-state index contributed by atoms with van der Waals surface area (Å²) in [6.45, 7) is 6.22. The molecule has 1 nitrogen and oxygen atoms in total. The molecule has 0 amide bonds. The monoisotopic (exact) mass is 202 g/mol. The van der Waals surface area contributed by atoms with E-state index in [4.69, 9.17) is 0 Å². The molecule has 0 atom stereocenters. The molecule has 2 heteroatoms. The summed E-state index contributed by atoms with van der Waals surface area (Å²) in [6.07, 6.45) is 5.75. The van der Waals surface area contributed by atoms with Crippen molar-refractivity contribution in [3.05, 3.63) is 0 Å². The van der Waals surface area contributed by atoms with E-state index in [1.807, 2.05) is 13.8 Å². The van der Waals surface area contributed by atoms with Gasteiger partial charge < -0.3 is 0 Å². The molecule has 0 N–H and O–H groups in total. The van der Waals surface area contributed by atoms with Crippen LogP contribution >= 0.6 is 12.6 Å². The second-order valence-corrected chi connectivity index (χ2v) is 4.48. The Balaban J connectivity index is 3.92. The van der Waals surface area contributed by atoms with Crippen molar-refractivity contribution in [2.75, 3.05) is 0 Å². The van der Waals surface area contributed by atoms with E-state index >= 15 is 0 Å². The molecule has 0 aliphatic heterocycles. The number of carbonyl (C=O) groups is 1. The SMILES string of the molecule is CCCCCC(=O)C(S)(CC)CC. The molecule has 0 saturated carbocycles. The van der Waals surface area contributed by atoms with Crippen molar-refractivity contribution in [3.8, 4) is 0 Å². The van der Waals surface area contributed by atoms with Crippen LogP contribution in [0.3, 0.4) is 0 Å². The lowest BCUT2D eigenvalue weighted by atomic mass is 9.93. The lowest BCUT2D eigenvalue weighted by molar-refractivity contribution is -0.121. The molecule has 78 valence electrons. The van der Waals surface area contributed by atoms with Gasteiger partial charge in [0.15, 0.2) is 0 Å². The van der Waals surface area contributed by atoms with Gasteiger partial charge in [0.25, 0.3) is 0 Å². The topological polar surface area (TPSA) is 17.1 Å². The minimum absolute atomic E-state index is 0.328. The molecule has 0 aromatic rings. The minimum Gasteiger partial charge on any atom is -0.298 e. The van der Waals surface area contributed by atoms with Gasteiger partial charge in [-0.2, -0.15) is 12.6 Å². The average Bonchev–Trinajstić information content (AvgIpc) is 2.17. The molecular formula is C11H22OS. The summed E-state index contributed by atoms with van der Waals surface area (Å²) < 4.78 is -0.353. The highest BCUT2D eigenvalue weighted by Gasteiger charge is 2.28. The second-order valence-electron chi connectivity index (χ2n) is 3.62. The van der Waals surface area contributed by atoms with Crippen LogP contribution in [0, 0.1) is 0 Å². The van der Waals surface area contributed by atoms with Crippen LogP contribution in [-0.2, 0) is 4.79 Å². The van der Waals surface area contributed by atoms with Crippen molar-refractivity contribution < 1.29 is 4.79 Å². The number of unbranched alkanes of at least 4 members (excludes halogenated alkanes) is 2. The van der Waals surface area contributed by atoms with Crippen molar-refractivity contribution in [2.24, 2.45) is 0 Å². The Hall–Kier alpha value is 0.0200. The normalized spacial score (nSPS) is 11.7. The van der Waals surface area contributed by atoms with Crippen molar-refractivity contribution in [3.63, 3.8) is 0 Å². The predicted molar refractivity (Wildman–Crippen MR) is 61.4 cm³/mol. The van der Waals surface area contributed by atoms with Crippen LogP contribution < -0.4 is 0 Å². The zero-order valence-corrected chi connectivity index (χ0v) is 9.99. The van der Waals surface area contributed by atoms with E-state index in [9.17, 15) is 4.79 Å². The van der Waals surface area contributed by atoms with Crippen molar-refractivity contribution in [1.82, 2.24) is 0 Å². The fraction of sp³-hybridized carbons (Fsp3) is 0.909. The molecular weight excluding hydrogens is 180 g/mol. The van der Waals surface area contributed by atoms with Gasteiger partial charge in [-0.1, -0.05) is 33.6 Å². The molecule has 0 radical (unpaired) electrons. The Kier molecular flexibility index (Phi) is 6.48. The highest BCUT2D eigenvalue weighted by molar-refractivity contribution is 7.82. The lowest BCUT2D eigenvalue weighted by Gasteiger charge is -2.23. The predicted octanol–water partition coefficient (Wildman–Crippen LogP) is 3.62. The van der Waals surface area contributed by atoms with Gasteiger partial charge in [-0.05, 0) is 19.3 Å². The second kappa shape index (κ2) is 6.47. The number of Topliss-reactive ketones (excluding diaryl/α,β-unsaturated/α-hetero) is 1. The third-order valence-electron chi connectivity index (χ3n) is 2.70. The van der Waals surface area contributed by atoms with Crippen LogP contribution in [0.1, 0.15) is 59.3 Å². The number of ketones is 1. The Morgan fingerprint density at radius 1 is 1.15 bits per heavy atom. The van der Waals surface area contributed by atoms with Gasteiger partial charge in [0.05, 0.1) is 4.75 Å². The third-order valence-corrected chi connectivity index (χ3v) is 3.58. The van der Waals surface area contributed by atoms with Gasteiger partial charge in [-0.25, -0.2) is 0 Å². The van der Waals surface area contributed by atoms with Crippen LogP contribution in [-0.4, -0.2) is 10.5 Å². The van der Waals surface area contributed by atoms with E-state index in [2.05, 4.69) is 19.6 Å². The van der Waals surface area contributed by atoms with E-state index < -0.39 is 0 Å². The molecule has 13 heavy (non-hydrogen) atoms.